The zero-order chi connectivity index (χ0) is 20.5. The van der Waals surface area contributed by atoms with Crippen LogP contribution in [0.25, 0.3) is 5.69 Å². The maximum atomic E-state index is 12.7. The molecule has 28 heavy (non-hydrogen) atoms. The van der Waals surface area contributed by atoms with E-state index in [1.807, 2.05) is 40.8 Å². The summed E-state index contributed by atoms with van der Waals surface area (Å²) in [4.78, 5) is 27.1. The molecule has 6 heteroatoms. The fourth-order valence-electron chi connectivity index (χ4n) is 3.46. The Balaban J connectivity index is 1.98. The molecule has 1 aromatic carbocycles. The monoisotopic (exact) mass is 383 g/mol. The average Bonchev–Trinajstić information content (AvgIpc) is 3.00. The van der Waals surface area contributed by atoms with Gasteiger partial charge in [-0.3, -0.25) is 4.79 Å². The number of esters is 1. The van der Waals surface area contributed by atoms with Crippen molar-refractivity contribution in [1.82, 2.24) is 14.7 Å². The van der Waals surface area contributed by atoms with Crippen molar-refractivity contribution in [2.24, 2.45) is 5.41 Å². The minimum atomic E-state index is -0.435. The first-order chi connectivity index (χ1) is 13.2. The Morgan fingerprint density at radius 3 is 2.46 bits per heavy atom. The molecule has 2 heterocycles. The number of amides is 1. The summed E-state index contributed by atoms with van der Waals surface area (Å²) in [5, 5.41) is 4.58. The molecule has 0 atom stereocenters. The van der Waals surface area contributed by atoms with Gasteiger partial charge in [0.2, 0.25) is 5.91 Å². The van der Waals surface area contributed by atoms with E-state index in [2.05, 4.69) is 25.9 Å². The highest BCUT2D eigenvalue weighted by Crippen LogP contribution is 2.28. The van der Waals surface area contributed by atoms with Gasteiger partial charge in [-0.2, -0.15) is 5.10 Å². The van der Waals surface area contributed by atoms with Crippen LogP contribution in [-0.2, 0) is 22.5 Å². The number of hydrogen-bond donors (Lipinski definition) is 0. The summed E-state index contributed by atoms with van der Waals surface area (Å²) in [6.07, 6.45) is 1.13. The normalized spacial score (nSPS) is 14.0. The zero-order valence-corrected chi connectivity index (χ0v) is 17.4. The van der Waals surface area contributed by atoms with Gasteiger partial charge in [0, 0.05) is 31.5 Å². The van der Waals surface area contributed by atoms with Crippen LogP contribution in [0.1, 0.15) is 61.4 Å². The highest BCUT2D eigenvalue weighted by Gasteiger charge is 2.32. The molecule has 0 aliphatic carbocycles. The zero-order valence-electron chi connectivity index (χ0n) is 17.4. The fraction of sp³-hybridized carbons (Fsp3) is 0.500. The number of ether oxygens (including phenoxy) is 1. The molecule has 0 fully saturated rings. The predicted octanol–water partition coefficient (Wildman–Crippen LogP) is 3.68. The summed E-state index contributed by atoms with van der Waals surface area (Å²) < 4.78 is 7.05. The lowest BCUT2D eigenvalue weighted by Gasteiger charge is -2.30. The second kappa shape index (κ2) is 7.78. The van der Waals surface area contributed by atoms with Crippen LogP contribution in [0, 0.1) is 12.3 Å². The Hall–Kier alpha value is -2.63. The van der Waals surface area contributed by atoms with E-state index in [4.69, 9.17) is 4.74 Å². The minimum absolute atomic E-state index is 0.0760. The summed E-state index contributed by atoms with van der Waals surface area (Å²) in [5.74, 6) is -0.328. The highest BCUT2D eigenvalue weighted by molar-refractivity contribution is 5.90. The van der Waals surface area contributed by atoms with Crippen LogP contribution in [0.4, 0.5) is 0 Å². The van der Waals surface area contributed by atoms with E-state index in [0.29, 0.717) is 31.6 Å². The van der Waals surface area contributed by atoms with Crippen molar-refractivity contribution in [2.75, 3.05) is 13.2 Å². The molecule has 0 N–H and O–H groups in total. The van der Waals surface area contributed by atoms with Crippen molar-refractivity contribution in [3.05, 3.63) is 46.8 Å². The molecule has 3 rings (SSSR count). The average molecular weight is 383 g/mol. The van der Waals surface area contributed by atoms with Crippen LogP contribution in [-0.4, -0.2) is 39.7 Å². The van der Waals surface area contributed by atoms with E-state index in [-0.39, 0.29) is 17.9 Å². The van der Waals surface area contributed by atoms with Gasteiger partial charge >= 0.3 is 5.97 Å². The fourth-order valence-corrected chi connectivity index (χ4v) is 3.46. The molecule has 0 bridgehead atoms. The van der Waals surface area contributed by atoms with Gasteiger partial charge in [-0.1, -0.05) is 38.5 Å². The van der Waals surface area contributed by atoms with Gasteiger partial charge in [0.1, 0.15) is 0 Å². The molecule has 0 saturated carbocycles. The maximum absolute atomic E-state index is 12.7. The van der Waals surface area contributed by atoms with E-state index in [9.17, 15) is 9.59 Å². The van der Waals surface area contributed by atoms with Crippen molar-refractivity contribution in [3.63, 3.8) is 0 Å². The molecule has 1 aliphatic heterocycles. The predicted molar refractivity (Wildman–Crippen MR) is 107 cm³/mol. The smallest absolute Gasteiger partial charge is 0.359 e. The number of hydrogen-bond acceptors (Lipinski definition) is 4. The third kappa shape index (κ3) is 4.26. The van der Waals surface area contributed by atoms with Crippen molar-refractivity contribution in [2.45, 2.75) is 54.0 Å². The van der Waals surface area contributed by atoms with Crippen LogP contribution < -0.4 is 0 Å². The first-order valence-electron chi connectivity index (χ1n) is 9.82. The SMILES string of the molecule is CCOC(=O)c1nn(-c2ccc(C)cc2)c2c1CN(C(=O)CC(C)(C)C)CC2. The molecular weight excluding hydrogens is 354 g/mol. The Kier molecular flexibility index (Phi) is 5.59. The molecule has 2 aromatic rings. The summed E-state index contributed by atoms with van der Waals surface area (Å²) in [7, 11) is 0. The Bertz CT molecular complexity index is 876. The number of fused-ring (bicyclic) bond motifs is 1. The lowest BCUT2D eigenvalue weighted by molar-refractivity contribution is -0.134. The quantitative estimate of drug-likeness (QED) is 0.756. The Morgan fingerprint density at radius 1 is 1.18 bits per heavy atom. The van der Waals surface area contributed by atoms with Crippen LogP contribution in [0.2, 0.25) is 0 Å². The molecule has 0 radical (unpaired) electrons. The number of rotatable bonds is 4. The molecule has 150 valence electrons. The highest BCUT2D eigenvalue weighted by atomic mass is 16.5. The first-order valence-corrected chi connectivity index (χ1v) is 9.82. The number of aromatic nitrogens is 2. The molecule has 0 saturated heterocycles. The number of nitrogens with zero attached hydrogens (tertiary/aromatic N) is 3. The third-order valence-electron chi connectivity index (χ3n) is 4.84. The molecule has 6 nitrogen and oxygen atoms in total. The third-order valence-corrected chi connectivity index (χ3v) is 4.84. The molecule has 1 aliphatic rings. The number of aryl methyl sites for hydroxylation is 1. The van der Waals surface area contributed by atoms with Gasteiger partial charge in [0.15, 0.2) is 5.69 Å². The van der Waals surface area contributed by atoms with E-state index in [0.717, 1.165) is 22.5 Å². The standard InChI is InChI=1S/C22H29N3O3/c1-6-28-21(27)20-17-14-24(19(26)13-22(3,4)5)12-11-18(17)25(23-20)16-9-7-15(2)8-10-16/h7-10H,6,11-14H2,1-5H3. The van der Waals surface area contributed by atoms with Crippen LogP contribution >= 0.6 is 0 Å². The summed E-state index contributed by atoms with van der Waals surface area (Å²) in [6.45, 7) is 11.3. The van der Waals surface area contributed by atoms with Crippen LogP contribution in [0.15, 0.2) is 24.3 Å². The first kappa shape index (κ1) is 20.1. The molecule has 0 unspecified atom stereocenters. The van der Waals surface area contributed by atoms with Gasteiger partial charge in [-0.15, -0.1) is 0 Å². The maximum Gasteiger partial charge on any atom is 0.359 e. The van der Waals surface area contributed by atoms with Gasteiger partial charge < -0.3 is 9.64 Å². The summed E-state index contributed by atoms with van der Waals surface area (Å²) in [6, 6.07) is 8.04. The summed E-state index contributed by atoms with van der Waals surface area (Å²) in [5.41, 5.74) is 4.08. The van der Waals surface area contributed by atoms with Crippen LogP contribution in [0.5, 0.6) is 0 Å². The molecule has 1 aromatic heterocycles. The van der Waals surface area contributed by atoms with Crippen molar-refractivity contribution >= 4 is 11.9 Å². The van der Waals surface area contributed by atoms with Crippen LogP contribution in [0.3, 0.4) is 0 Å². The van der Waals surface area contributed by atoms with Gasteiger partial charge in [0.05, 0.1) is 18.0 Å². The van der Waals surface area contributed by atoms with Gasteiger partial charge in [0.25, 0.3) is 0 Å². The van der Waals surface area contributed by atoms with Gasteiger partial charge in [-0.25, -0.2) is 9.48 Å². The van der Waals surface area contributed by atoms with E-state index in [1.54, 1.807) is 6.92 Å². The lowest BCUT2D eigenvalue weighted by atomic mass is 9.91. The lowest BCUT2D eigenvalue weighted by Crippen LogP contribution is -2.38. The number of carbonyl (C=O) groups excluding carboxylic acids is 2. The van der Waals surface area contributed by atoms with Crippen molar-refractivity contribution in [3.8, 4) is 5.69 Å². The van der Waals surface area contributed by atoms with E-state index in [1.165, 1.54) is 0 Å². The molecule has 1 amide bonds. The van der Waals surface area contributed by atoms with Crippen molar-refractivity contribution in [1.29, 1.82) is 0 Å². The minimum Gasteiger partial charge on any atom is -0.461 e. The van der Waals surface area contributed by atoms with Gasteiger partial charge in [-0.05, 0) is 31.4 Å². The second-order valence-electron chi connectivity index (χ2n) is 8.54. The largest absolute Gasteiger partial charge is 0.461 e. The number of carbonyl (C=O) groups is 2. The summed E-state index contributed by atoms with van der Waals surface area (Å²) >= 11 is 0. The second-order valence-corrected chi connectivity index (χ2v) is 8.54. The van der Waals surface area contributed by atoms with E-state index >= 15 is 0 Å². The number of benzene rings is 1. The Morgan fingerprint density at radius 2 is 1.86 bits per heavy atom. The van der Waals surface area contributed by atoms with E-state index < -0.39 is 5.97 Å². The molecular formula is C22H29N3O3. The molecule has 0 spiro atoms. The topological polar surface area (TPSA) is 64.4 Å². The van der Waals surface area contributed by atoms with Crippen molar-refractivity contribution < 1.29 is 14.3 Å². The Labute approximate surface area is 166 Å².